The van der Waals surface area contributed by atoms with E-state index < -0.39 is 11.9 Å². The Bertz CT molecular complexity index is 428. The maximum Gasteiger partial charge on any atom is 0.162 e. The zero-order valence-corrected chi connectivity index (χ0v) is 13.8. The highest BCUT2D eigenvalue weighted by Crippen LogP contribution is 2.33. The Kier molecular flexibility index (Phi) is 6.60. The Morgan fingerprint density at radius 3 is 2.43 bits per heavy atom. The Labute approximate surface area is 126 Å². The quantitative estimate of drug-likeness (QED) is 0.676. The molecule has 1 aromatic rings. The summed E-state index contributed by atoms with van der Waals surface area (Å²) in [4.78, 5) is 2.06. The second kappa shape index (κ2) is 7.74. The lowest BCUT2D eigenvalue weighted by atomic mass is 9.96. The monoisotopic (exact) mass is 301 g/mol. The molecule has 1 N–H and O–H groups in total. The van der Waals surface area contributed by atoms with E-state index in [9.17, 15) is 5.11 Å². The molecule has 21 heavy (non-hydrogen) atoms. The first-order valence-corrected chi connectivity index (χ1v) is 6.88. The van der Waals surface area contributed by atoms with Gasteiger partial charge < -0.3 is 24.2 Å². The highest BCUT2D eigenvalue weighted by atomic mass is 16.7. The summed E-state index contributed by atoms with van der Waals surface area (Å²) in [5, 5.41) is 15.2. The second-order valence-corrected chi connectivity index (χ2v) is 5.47. The smallest absolute Gasteiger partial charge is 0.162 e. The summed E-state index contributed by atoms with van der Waals surface area (Å²) >= 11 is 0. The van der Waals surface area contributed by atoms with Gasteiger partial charge in [-0.05, 0) is 21.0 Å². The number of likely N-dealkylation sites (N-methyl/N-ethyl adjacent to an activating group) is 1. The molecule has 0 aliphatic rings. The molecule has 0 aromatic carbocycles. The Balaban J connectivity index is 3.03. The first-order valence-electron chi connectivity index (χ1n) is 6.88. The third-order valence-corrected chi connectivity index (χ3v) is 3.38. The van der Waals surface area contributed by atoms with Crippen molar-refractivity contribution in [2.45, 2.75) is 31.8 Å². The molecule has 0 saturated heterocycles. The largest absolute Gasteiger partial charge is 0.493 e. The van der Waals surface area contributed by atoms with Crippen molar-refractivity contribution >= 4 is 0 Å². The minimum absolute atomic E-state index is 0.282. The van der Waals surface area contributed by atoms with Gasteiger partial charge in [-0.2, -0.15) is 5.10 Å². The zero-order chi connectivity index (χ0) is 16.0. The predicted octanol–water partition coefficient (Wildman–Crippen LogP) is 0.670. The van der Waals surface area contributed by atoms with Crippen LogP contribution in [0.15, 0.2) is 6.20 Å². The minimum atomic E-state index is -1.18. The Morgan fingerprint density at radius 2 is 1.95 bits per heavy atom. The summed E-state index contributed by atoms with van der Waals surface area (Å²) in [7, 11) is 8.64. The topological polar surface area (TPSA) is 69.0 Å². The molecular formula is C14H27N3O4. The van der Waals surface area contributed by atoms with Crippen LogP contribution in [0.4, 0.5) is 0 Å². The van der Waals surface area contributed by atoms with Crippen LogP contribution in [0.1, 0.15) is 19.0 Å². The fraction of sp³-hybridized carbons (Fsp3) is 0.786. The number of ether oxygens (including phenoxy) is 3. The van der Waals surface area contributed by atoms with Crippen LogP contribution in [0.25, 0.3) is 0 Å². The van der Waals surface area contributed by atoms with Gasteiger partial charge in [-0.3, -0.25) is 4.68 Å². The molecule has 0 aliphatic heterocycles. The van der Waals surface area contributed by atoms with Crippen LogP contribution in [-0.4, -0.2) is 68.0 Å². The fourth-order valence-corrected chi connectivity index (χ4v) is 2.21. The number of methoxy groups -OCH3 is 3. The highest BCUT2D eigenvalue weighted by Gasteiger charge is 2.34. The first-order chi connectivity index (χ1) is 9.85. The number of aliphatic hydroxyl groups is 1. The van der Waals surface area contributed by atoms with Crippen molar-refractivity contribution in [2.24, 2.45) is 0 Å². The molecule has 0 fully saturated rings. The molecule has 122 valence electrons. The van der Waals surface area contributed by atoms with Crippen LogP contribution < -0.4 is 4.74 Å². The second-order valence-electron chi connectivity index (χ2n) is 5.47. The van der Waals surface area contributed by atoms with Gasteiger partial charge in [0.1, 0.15) is 11.3 Å². The van der Waals surface area contributed by atoms with E-state index in [0.29, 0.717) is 18.0 Å². The molecule has 0 bridgehead atoms. The molecule has 0 saturated carbocycles. The van der Waals surface area contributed by atoms with Crippen LogP contribution in [0.3, 0.4) is 0 Å². The van der Waals surface area contributed by atoms with Crippen LogP contribution in [0.2, 0.25) is 0 Å². The maximum absolute atomic E-state index is 10.9. The van der Waals surface area contributed by atoms with Gasteiger partial charge in [-0.1, -0.05) is 0 Å². The fourth-order valence-electron chi connectivity index (χ4n) is 2.21. The molecule has 7 heteroatoms. The third kappa shape index (κ3) is 4.67. The van der Waals surface area contributed by atoms with E-state index in [1.165, 1.54) is 0 Å². The van der Waals surface area contributed by atoms with Gasteiger partial charge in [-0.25, -0.2) is 0 Å². The van der Waals surface area contributed by atoms with E-state index >= 15 is 0 Å². The molecule has 7 nitrogen and oxygen atoms in total. The summed E-state index contributed by atoms with van der Waals surface area (Å²) in [6.07, 6.45) is 1.40. The van der Waals surface area contributed by atoms with E-state index in [1.54, 1.807) is 39.1 Å². The van der Waals surface area contributed by atoms with E-state index in [2.05, 4.69) is 10.00 Å². The molecule has 1 rings (SSSR count). The number of rotatable bonds is 9. The van der Waals surface area contributed by atoms with Crippen LogP contribution in [0.5, 0.6) is 5.75 Å². The lowest BCUT2D eigenvalue weighted by Crippen LogP contribution is -2.33. The van der Waals surface area contributed by atoms with Crippen molar-refractivity contribution in [1.29, 1.82) is 0 Å². The van der Waals surface area contributed by atoms with E-state index in [1.807, 2.05) is 14.1 Å². The first kappa shape index (κ1) is 17.9. The van der Waals surface area contributed by atoms with Crippen LogP contribution in [0, 0.1) is 0 Å². The van der Waals surface area contributed by atoms with E-state index in [-0.39, 0.29) is 6.42 Å². The molecule has 0 spiro atoms. The lowest BCUT2D eigenvalue weighted by Gasteiger charge is -2.28. The van der Waals surface area contributed by atoms with Crippen molar-refractivity contribution in [3.05, 3.63) is 11.9 Å². The van der Waals surface area contributed by atoms with E-state index in [0.717, 1.165) is 6.54 Å². The molecule has 1 heterocycles. The van der Waals surface area contributed by atoms with Crippen molar-refractivity contribution in [1.82, 2.24) is 14.7 Å². The SMILES string of the molecule is COc1cnn(CCN(C)C)c1C(C)(O)CC(OC)OC. The number of aromatic nitrogens is 2. The normalized spacial score (nSPS) is 14.7. The van der Waals surface area contributed by atoms with Crippen LogP contribution >= 0.6 is 0 Å². The minimum Gasteiger partial charge on any atom is -0.493 e. The van der Waals surface area contributed by atoms with Gasteiger partial charge in [0.2, 0.25) is 0 Å². The van der Waals surface area contributed by atoms with Crippen molar-refractivity contribution < 1.29 is 19.3 Å². The van der Waals surface area contributed by atoms with Gasteiger partial charge in [0.15, 0.2) is 12.0 Å². The predicted molar refractivity (Wildman–Crippen MR) is 79.3 cm³/mol. The summed E-state index contributed by atoms with van der Waals surface area (Å²) in [6, 6.07) is 0. The van der Waals surface area contributed by atoms with Gasteiger partial charge in [-0.15, -0.1) is 0 Å². The highest BCUT2D eigenvalue weighted by molar-refractivity contribution is 5.30. The van der Waals surface area contributed by atoms with Gasteiger partial charge in [0.05, 0.1) is 19.9 Å². The molecule has 1 atom stereocenters. The standard InChI is InChI=1S/C14H27N3O4/c1-14(18,9-12(20-5)21-6)13-11(19-4)10-15-17(13)8-7-16(2)3/h10,12,18H,7-9H2,1-6H3. The Hall–Kier alpha value is -1.15. The molecular weight excluding hydrogens is 274 g/mol. The number of nitrogens with zero attached hydrogens (tertiary/aromatic N) is 3. The molecule has 0 radical (unpaired) electrons. The number of hydrogen-bond acceptors (Lipinski definition) is 6. The van der Waals surface area contributed by atoms with Crippen LogP contribution in [-0.2, 0) is 21.6 Å². The van der Waals surface area contributed by atoms with Crippen molar-refractivity contribution in [3.63, 3.8) is 0 Å². The average Bonchev–Trinajstić information content (AvgIpc) is 2.86. The zero-order valence-electron chi connectivity index (χ0n) is 13.8. The third-order valence-electron chi connectivity index (χ3n) is 3.38. The van der Waals surface area contributed by atoms with E-state index in [4.69, 9.17) is 14.2 Å². The number of hydrogen-bond donors (Lipinski definition) is 1. The average molecular weight is 301 g/mol. The molecule has 0 aliphatic carbocycles. The molecule has 0 amide bonds. The molecule has 1 unspecified atom stereocenters. The Morgan fingerprint density at radius 1 is 1.33 bits per heavy atom. The summed E-state index contributed by atoms with van der Waals surface area (Å²) in [6.45, 7) is 3.18. The molecule has 1 aromatic heterocycles. The van der Waals surface area contributed by atoms with Crippen molar-refractivity contribution in [3.8, 4) is 5.75 Å². The summed E-state index contributed by atoms with van der Waals surface area (Å²) in [5.41, 5.74) is -0.545. The van der Waals surface area contributed by atoms with Gasteiger partial charge in [0, 0.05) is 27.2 Å². The lowest BCUT2D eigenvalue weighted by molar-refractivity contribution is -0.143. The summed E-state index contributed by atoms with van der Waals surface area (Å²) < 4.78 is 17.5. The summed E-state index contributed by atoms with van der Waals surface area (Å²) in [5.74, 6) is 0.560. The maximum atomic E-state index is 10.9. The van der Waals surface area contributed by atoms with Gasteiger partial charge >= 0.3 is 0 Å². The van der Waals surface area contributed by atoms with Crippen molar-refractivity contribution in [2.75, 3.05) is 42.0 Å². The van der Waals surface area contributed by atoms with Gasteiger partial charge in [0.25, 0.3) is 0 Å².